The third kappa shape index (κ3) is 1.58. The highest BCUT2D eigenvalue weighted by Crippen LogP contribution is 2.10. The number of hydrogen-bond donors (Lipinski definition) is 0. The Bertz CT molecular complexity index is 487. The Labute approximate surface area is 88.4 Å². The summed E-state index contributed by atoms with van der Waals surface area (Å²) in [5.41, 5.74) is 0.718. The van der Waals surface area contributed by atoms with Crippen molar-refractivity contribution in [2.24, 2.45) is 0 Å². The molecule has 0 radical (unpaired) electrons. The van der Waals surface area contributed by atoms with Crippen LogP contribution in [0.1, 0.15) is 10.6 Å². The number of nitrogens with zero attached hydrogens (tertiary/aromatic N) is 2. The number of aromatic nitrogens is 2. The molecule has 0 aliphatic heterocycles. The van der Waals surface area contributed by atoms with Crippen LogP contribution in [0.2, 0.25) is 0 Å². The summed E-state index contributed by atoms with van der Waals surface area (Å²) >= 11 is 2.59. The molecule has 1 heterocycles. The van der Waals surface area contributed by atoms with Crippen molar-refractivity contribution in [3.05, 3.63) is 36.3 Å². The van der Waals surface area contributed by atoms with Gasteiger partial charge in [0, 0.05) is 11.6 Å². The van der Waals surface area contributed by atoms with E-state index < -0.39 is 5.97 Å². The number of fused-ring (bicyclic) bond motifs is 1. The third-order valence-corrected chi connectivity index (χ3v) is 2.04. The summed E-state index contributed by atoms with van der Waals surface area (Å²) in [6.07, 6.45) is 1.58. The van der Waals surface area contributed by atoms with Gasteiger partial charge in [-0.25, -0.2) is 14.8 Å². The number of para-hydroxylation sites is 1. The van der Waals surface area contributed by atoms with E-state index in [0.717, 1.165) is 10.9 Å². The van der Waals surface area contributed by atoms with Crippen LogP contribution in [0.3, 0.4) is 0 Å². The standard InChI is InChI=1S/C9H5BrN2O2/c10-14-9(13)8-11-5-6-3-1-2-4-7(6)12-8/h1-5H. The summed E-state index contributed by atoms with van der Waals surface area (Å²) in [5.74, 6) is -0.559. The highest BCUT2D eigenvalue weighted by atomic mass is 79.9. The van der Waals surface area contributed by atoms with Crippen molar-refractivity contribution in [3.63, 3.8) is 0 Å². The lowest BCUT2D eigenvalue weighted by molar-refractivity contribution is 0.0770. The van der Waals surface area contributed by atoms with E-state index >= 15 is 0 Å². The Morgan fingerprint density at radius 3 is 2.93 bits per heavy atom. The fraction of sp³-hybridized carbons (Fsp3) is 0. The Kier molecular flexibility index (Phi) is 2.41. The predicted molar refractivity (Wildman–Crippen MR) is 53.9 cm³/mol. The maximum Gasteiger partial charge on any atom is 0.387 e. The Morgan fingerprint density at radius 1 is 1.36 bits per heavy atom. The molecule has 2 aromatic rings. The van der Waals surface area contributed by atoms with E-state index in [0.29, 0.717) is 0 Å². The summed E-state index contributed by atoms with van der Waals surface area (Å²) in [5, 5.41) is 0.888. The van der Waals surface area contributed by atoms with Gasteiger partial charge in [0.05, 0.1) is 5.52 Å². The normalized spacial score (nSPS) is 10.1. The van der Waals surface area contributed by atoms with Crippen LogP contribution < -0.4 is 0 Å². The molecule has 0 saturated carbocycles. The van der Waals surface area contributed by atoms with Crippen LogP contribution in [0.25, 0.3) is 10.9 Å². The van der Waals surface area contributed by atoms with Gasteiger partial charge in [-0.3, -0.25) is 0 Å². The first kappa shape index (κ1) is 9.08. The number of carbonyl (C=O) groups is 1. The maximum absolute atomic E-state index is 11.1. The second-order valence-electron chi connectivity index (χ2n) is 2.62. The van der Waals surface area contributed by atoms with Crippen molar-refractivity contribution in [1.29, 1.82) is 0 Å². The lowest BCUT2D eigenvalue weighted by Crippen LogP contribution is -2.04. The van der Waals surface area contributed by atoms with Gasteiger partial charge in [0.2, 0.25) is 5.82 Å². The smallest absolute Gasteiger partial charge is 0.378 e. The van der Waals surface area contributed by atoms with E-state index in [-0.39, 0.29) is 5.82 Å². The van der Waals surface area contributed by atoms with Crippen LogP contribution in [0.5, 0.6) is 0 Å². The summed E-state index contributed by atoms with van der Waals surface area (Å²) in [6, 6.07) is 7.41. The Morgan fingerprint density at radius 2 is 2.14 bits per heavy atom. The highest BCUT2D eigenvalue weighted by Gasteiger charge is 2.09. The van der Waals surface area contributed by atoms with Crippen LogP contribution in [0.15, 0.2) is 30.5 Å². The van der Waals surface area contributed by atoms with Crippen LogP contribution in [0.4, 0.5) is 0 Å². The minimum Gasteiger partial charge on any atom is -0.378 e. The summed E-state index contributed by atoms with van der Waals surface area (Å²) in [6.45, 7) is 0. The largest absolute Gasteiger partial charge is 0.387 e. The minimum atomic E-state index is -0.601. The first-order valence-corrected chi connectivity index (χ1v) is 4.51. The minimum absolute atomic E-state index is 0.0422. The topological polar surface area (TPSA) is 52.1 Å². The van der Waals surface area contributed by atoms with Gasteiger partial charge in [-0.05, 0) is 6.07 Å². The van der Waals surface area contributed by atoms with Crippen LogP contribution in [-0.2, 0) is 3.83 Å². The van der Waals surface area contributed by atoms with Gasteiger partial charge in [-0.15, -0.1) is 0 Å². The maximum atomic E-state index is 11.1. The van der Waals surface area contributed by atoms with E-state index in [4.69, 9.17) is 0 Å². The second kappa shape index (κ2) is 3.71. The van der Waals surface area contributed by atoms with Gasteiger partial charge in [0.25, 0.3) is 0 Å². The number of carbonyl (C=O) groups excluding carboxylic acids is 1. The van der Waals surface area contributed by atoms with Crippen molar-refractivity contribution in [1.82, 2.24) is 9.97 Å². The SMILES string of the molecule is O=C(OBr)c1ncc2ccccc2n1. The van der Waals surface area contributed by atoms with E-state index in [1.54, 1.807) is 6.20 Å². The first-order valence-electron chi connectivity index (χ1n) is 3.86. The molecule has 14 heavy (non-hydrogen) atoms. The molecule has 4 nitrogen and oxygen atoms in total. The van der Waals surface area contributed by atoms with Crippen LogP contribution in [-0.4, -0.2) is 15.9 Å². The fourth-order valence-electron chi connectivity index (χ4n) is 1.11. The van der Waals surface area contributed by atoms with Gasteiger partial charge in [0.15, 0.2) is 16.3 Å². The molecule has 0 unspecified atom stereocenters. The van der Waals surface area contributed by atoms with Crippen molar-refractivity contribution >= 4 is 33.1 Å². The molecule has 0 atom stereocenters. The number of rotatable bonds is 1. The molecule has 0 bridgehead atoms. The average molecular weight is 253 g/mol. The average Bonchev–Trinajstić information content (AvgIpc) is 2.27. The molecule has 0 saturated heterocycles. The molecular formula is C9H5BrN2O2. The van der Waals surface area contributed by atoms with Crippen molar-refractivity contribution < 1.29 is 8.62 Å². The molecular weight excluding hydrogens is 248 g/mol. The quantitative estimate of drug-likeness (QED) is 0.780. The van der Waals surface area contributed by atoms with Crippen molar-refractivity contribution in [3.8, 4) is 0 Å². The van der Waals surface area contributed by atoms with E-state index in [2.05, 4.69) is 30.1 Å². The molecule has 0 amide bonds. The molecule has 0 aliphatic rings. The van der Waals surface area contributed by atoms with Crippen LogP contribution >= 0.6 is 16.3 Å². The molecule has 0 fully saturated rings. The number of benzene rings is 1. The van der Waals surface area contributed by atoms with E-state index in [1.807, 2.05) is 24.3 Å². The molecule has 0 spiro atoms. The highest BCUT2D eigenvalue weighted by molar-refractivity contribution is 9.06. The van der Waals surface area contributed by atoms with E-state index in [1.165, 1.54) is 0 Å². The zero-order valence-electron chi connectivity index (χ0n) is 6.98. The number of hydrogen-bond acceptors (Lipinski definition) is 4. The molecule has 0 aliphatic carbocycles. The lowest BCUT2D eigenvalue weighted by Gasteiger charge is -1.98. The fourth-order valence-corrected chi connectivity index (χ4v) is 1.25. The monoisotopic (exact) mass is 252 g/mol. The molecule has 0 N–H and O–H groups in total. The molecule has 70 valence electrons. The summed E-state index contributed by atoms with van der Waals surface area (Å²) in [7, 11) is 0. The Balaban J connectivity index is 2.56. The predicted octanol–water partition coefficient (Wildman–Crippen LogP) is 2.10. The van der Waals surface area contributed by atoms with Crippen LogP contribution in [0, 0.1) is 0 Å². The molecule has 1 aromatic carbocycles. The van der Waals surface area contributed by atoms with Gasteiger partial charge in [-0.1, -0.05) is 18.2 Å². The number of halogens is 1. The second-order valence-corrected chi connectivity index (χ2v) is 2.94. The molecule has 5 heteroatoms. The lowest BCUT2D eigenvalue weighted by atomic mass is 10.2. The molecule has 2 rings (SSSR count). The summed E-state index contributed by atoms with van der Waals surface area (Å²) in [4.78, 5) is 19.0. The van der Waals surface area contributed by atoms with Gasteiger partial charge >= 0.3 is 5.97 Å². The first-order chi connectivity index (χ1) is 6.81. The summed E-state index contributed by atoms with van der Waals surface area (Å²) < 4.78 is 4.33. The zero-order valence-corrected chi connectivity index (χ0v) is 8.56. The van der Waals surface area contributed by atoms with Gasteiger partial charge in [-0.2, -0.15) is 0 Å². The molecule has 1 aromatic heterocycles. The van der Waals surface area contributed by atoms with Gasteiger partial charge < -0.3 is 3.83 Å². The van der Waals surface area contributed by atoms with E-state index in [9.17, 15) is 4.79 Å². The van der Waals surface area contributed by atoms with Gasteiger partial charge in [0.1, 0.15) is 0 Å². The Hall–Kier alpha value is -1.49. The van der Waals surface area contributed by atoms with Crippen molar-refractivity contribution in [2.45, 2.75) is 0 Å². The third-order valence-electron chi connectivity index (χ3n) is 1.74. The zero-order chi connectivity index (χ0) is 9.97. The van der Waals surface area contributed by atoms with Crippen molar-refractivity contribution in [2.75, 3.05) is 0 Å².